The molecule has 0 aromatic carbocycles. The Morgan fingerprint density at radius 3 is 2.80 bits per heavy atom. The fourth-order valence-electron chi connectivity index (χ4n) is 2.83. The summed E-state index contributed by atoms with van der Waals surface area (Å²) in [5.74, 6) is -1.01. The Morgan fingerprint density at radius 1 is 1.35 bits per heavy atom. The van der Waals surface area contributed by atoms with Crippen LogP contribution in [0.25, 0.3) is 0 Å². The van der Waals surface area contributed by atoms with Gasteiger partial charge < -0.3 is 14.6 Å². The number of hydrogen-bond donors (Lipinski definition) is 1. The van der Waals surface area contributed by atoms with E-state index in [2.05, 4.69) is 6.58 Å². The van der Waals surface area contributed by atoms with E-state index >= 15 is 0 Å². The molecule has 2 aliphatic heterocycles. The maximum atomic E-state index is 11.3. The first kappa shape index (κ1) is 15.0. The molecule has 0 radical (unpaired) electrons. The predicted molar refractivity (Wildman–Crippen MR) is 71.6 cm³/mol. The molecule has 110 valence electrons. The highest BCUT2D eigenvalue weighted by Gasteiger charge is 2.36. The van der Waals surface area contributed by atoms with Crippen LogP contribution in [0.1, 0.15) is 38.5 Å². The lowest BCUT2D eigenvalue weighted by molar-refractivity contribution is -0.143. The van der Waals surface area contributed by atoms with E-state index in [-0.39, 0.29) is 24.9 Å². The van der Waals surface area contributed by atoms with Crippen LogP contribution in [0.4, 0.5) is 0 Å². The van der Waals surface area contributed by atoms with Crippen molar-refractivity contribution in [1.82, 2.24) is 0 Å². The molecule has 0 aromatic rings. The molecule has 5 nitrogen and oxygen atoms in total. The lowest BCUT2D eigenvalue weighted by Gasteiger charge is -2.15. The van der Waals surface area contributed by atoms with Gasteiger partial charge in [0.2, 0.25) is 0 Å². The van der Waals surface area contributed by atoms with Gasteiger partial charge in [-0.3, -0.25) is 4.79 Å². The first-order valence-corrected chi connectivity index (χ1v) is 7.18. The third kappa shape index (κ3) is 3.59. The van der Waals surface area contributed by atoms with Gasteiger partial charge in [0.05, 0.1) is 18.3 Å². The lowest BCUT2D eigenvalue weighted by Crippen LogP contribution is -2.15. The molecule has 5 heteroatoms. The van der Waals surface area contributed by atoms with Gasteiger partial charge in [0, 0.05) is 13.0 Å². The third-order valence-corrected chi connectivity index (χ3v) is 3.96. The van der Waals surface area contributed by atoms with Gasteiger partial charge in [0.15, 0.2) is 0 Å². The standard InChI is InChI=1S/C15H21NO4/c1-10-7-12(3-2-6-17)19-14(10)5-4-13-8-11(9-16)15(18)20-13/h11-14,17H,1-8H2/t11-,12-,13+,14-/m0/s1. The summed E-state index contributed by atoms with van der Waals surface area (Å²) in [6.45, 7) is 4.22. The number of carbonyl (C=O) groups excluding carboxylic acids is 1. The number of nitriles is 1. The quantitative estimate of drug-likeness (QED) is 0.591. The minimum absolute atomic E-state index is 0.0125. The van der Waals surface area contributed by atoms with Crippen LogP contribution in [0.5, 0.6) is 0 Å². The largest absolute Gasteiger partial charge is 0.461 e. The Hall–Kier alpha value is -1.38. The summed E-state index contributed by atoms with van der Waals surface area (Å²) in [5.41, 5.74) is 1.08. The van der Waals surface area contributed by atoms with Crippen LogP contribution in [-0.4, -0.2) is 36.0 Å². The summed E-state index contributed by atoms with van der Waals surface area (Å²) in [6, 6.07) is 1.96. The van der Waals surface area contributed by atoms with Gasteiger partial charge in [-0.2, -0.15) is 5.26 Å². The van der Waals surface area contributed by atoms with Crippen molar-refractivity contribution in [3.8, 4) is 6.07 Å². The molecule has 0 amide bonds. The monoisotopic (exact) mass is 279 g/mol. The van der Waals surface area contributed by atoms with E-state index in [1.54, 1.807) is 0 Å². The second kappa shape index (κ2) is 6.87. The second-order valence-corrected chi connectivity index (χ2v) is 5.53. The third-order valence-electron chi connectivity index (χ3n) is 3.96. The Balaban J connectivity index is 1.74. The molecule has 0 bridgehead atoms. The summed E-state index contributed by atoms with van der Waals surface area (Å²) >= 11 is 0. The van der Waals surface area contributed by atoms with Gasteiger partial charge >= 0.3 is 5.97 Å². The van der Waals surface area contributed by atoms with Crippen molar-refractivity contribution in [1.29, 1.82) is 5.26 Å². The summed E-state index contributed by atoms with van der Waals surface area (Å²) in [4.78, 5) is 11.3. The van der Waals surface area contributed by atoms with Crippen molar-refractivity contribution in [3.05, 3.63) is 12.2 Å². The number of cyclic esters (lactones) is 1. The number of hydrogen-bond acceptors (Lipinski definition) is 5. The zero-order valence-corrected chi connectivity index (χ0v) is 11.6. The number of ether oxygens (including phenoxy) is 2. The Kier molecular flexibility index (Phi) is 5.16. The molecule has 2 fully saturated rings. The zero-order valence-electron chi connectivity index (χ0n) is 11.6. The van der Waals surface area contributed by atoms with Crippen molar-refractivity contribution >= 4 is 5.97 Å². The zero-order chi connectivity index (χ0) is 14.5. The average Bonchev–Trinajstić information content (AvgIpc) is 2.97. The van der Waals surface area contributed by atoms with Crippen LogP contribution >= 0.6 is 0 Å². The number of esters is 1. The first-order valence-electron chi connectivity index (χ1n) is 7.18. The van der Waals surface area contributed by atoms with Crippen molar-refractivity contribution in [3.63, 3.8) is 0 Å². The number of rotatable bonds is 6. The predicted octanol–water partition coefficient (Wildman–Crippen LogP) is 1.71. The molecule has 20 heavy (non-hydrogen) atoms. The fourth-order valence-corrected chi connectivity index (χ4v) is 2.83. The Labute approximate surface area is 119 Å². The van der Waals surface area contributed by atoms with Crippen LogP contribution < -0.4 is 0 Å². The summed E-state index contributed by atoms with van der Waals surface area (Å²) < 4.78 is 11.1. The Morgan fingerprint density at radius 2 is 2.15 bits per heavy atom. The molecule has 2 saturated heterocycles. The molecule has 2 aliphatic rings. The maximum Gasteiger partial charge on any atom is 0.323 e. The normalized spacial score (nSPS) is 33.2. The molecule has 2 rings (SSSR count). The van der Waals surface area contributed by atoms with E-state index in [9.17, 15) is 4.79 Å². The fraction of sp³-hybridized carbons (Fsp3) is 0.733. The number of carbonyl (C=O) groups is 1. The van der Waals surface area contributed by atoms with Crippen LogP contribution in [-0.2, 0) is 14.3 Å². The minimum Gasteiger partial charge on any atom is -0.461 e. The van der Waals surface area contributed by atoms with E-state index in [4.69, 9.17) is 19.8 Å². The molecule has 0 saturated carbocycles. The van der Waals surface area contributed by atoms with E-state index in [1.807, 2.05) is 6.07 Å². The van der Waals surface area contributed by atoms with Crippen LogP contribution in [0.3, 0.4) is 0 Å². The van der Waals surface area contributed by atoms with E-state index in [0.717, 1.165) is 31.3 Å². The van der Waals surface area contributed by atoms with Gasteiger partial charge in [-0.05, 0) is 37.7 Å². The highest BCUT2D eigenvalue weighted by atomic mass is 16.6. The highest BCUT2D eigenvalue weighted by molar-refractivity contribution is 5.77. The summed E-state index contributed by atoms with van der Waals surface area (Å²) in [6.07, 6.45) is 4.40. The highest BCUT2D eigenvalue weighted by Crippen LogP contribution is 2.32. The van der Waals surface area contributed by atoms with Gasteiger partial charge in [0.1, 0.15) is 12.0 Å². The molecule has 2 heterocycles. The first-order chi connectivity index (χ1) is 9.63. The van der Waals surface area contributed by atoms with Gasteiger partial charge in [-0.25, -0.2) is 0 Å². The van der Waals surface area contributed by atoms with Crippen LogP contribution in [0, 0.1) is 17.2 Å². The van der Waals surface area contributed by atoms with Crippen molar-refractivity contribution in [2.75, 3.05) is 6.61 Å². The topological polar surface area (TPSA) is 79.5 Å². The molecule has 1 N–H and O–H groups in total. The van der Waals surface area contributed by atoms with Crippen LogP contribution in [0.2, 0.25) is 0 Å². The van der Waals surface area contributed by atoms with E-state index in [1.165, 1.54) is 0 Å². The summed E-state index contributed by atoms with van der Waals surface area (Å²) in [5, 5.41) is 17.6. The molecular formula is C15H21NO4. The number of nitrogens with zero attached hydrogens (tertiary/aromatic N) is 1. The van der Waals surface area contributed by atoms with Crippen LogP contribution in [0.15, 0.2) is 12.2 Å². The Bertz CT molecular complexity index is 415. The molecule has 0 unspecified atom stereocenters. The van der Waals surface area contributed by atoms with Gasteiger partial charge in [-0.15, -0.1) is 0 Å². The van der Waals surface area contributed by atoms with Crippen molar-refractivity contribution in [2.45, 2.75) is 56.8 Å². The second-order valence-electron chi connectivity index (χ2n) is 5.53. The number of aliphatic hydroxyl groups is 1. The number of aliphatic hydroxyl groups excluding tert-OH is 1. The summed E-state index contributed by atoms with van der Waals surface area (Å²) in [7, 11) is 0. The molecular weight excluding hydrogens is 258 g/mol. The minimum atomic E-state index is -0.606. The SMILES string of the molecule is C=C1C[C@H](CCCO)O[C@H]1CC[C@@H]1C[C@@H](C#N)C(=O)O1. The molecule has 4 atom stereocenters. The maximum absolute atomic E-state index is 11.3. The molecule has 0 aliphatic carbocycles. The smallest absolute Gasteiger partial charge is 0.323 e. The molecule has 0 spiro atoms. The molecule has 0 aromatic heterocycles. The van der Waals surface area contributed by atoms with Gasteiger partial charge in [0.25, 0.3) is 0 Å². The van der Waals surface area contributed by atoms with Crippen molar-refractivity contribution in [2.24, 2.45) is 5.92 Å². The van der Waals surface area contributed by atoms with Crippen molar-refractivity contribution < 1.29 is 19.4 Å². The van der Waals surface area contributed by atoms with E-state index < -0.39 is 11.9 Å². The average molecular weight is 279 g/mol. The van der Waals surface area contributed by atoms with Gasteiger partial charge in [-0.1, -0.05) is 6.58 Å². The van der Waals surface area contributed by atoms with E-state index in [0.29, 0.717) is 12.8 Å². The lowest BCUT2D eigenvalue weighted by atomic mass is 9.99.